The first-order valence-electron chi connectivity index (χ1n) is 6.85. The first-order chi connectivity index (χ1) is 8.72. The van der Waals surface area contributed by atoms with Crippen LogP contribution in [0.15, 0.2) is 30.0 Å². The van der Waals surface area contributed by atoms with E-state index in [-0.39, 0.29) is 6.04 Å². The molecule has 0 fully saturated rings. The van der Waals surface area contributed by atoms with Gasteiger partial charge in [0, 0.05) is 6.42 Å². The molecule has 0 saturated heterocycles. The van der Waals surface area contributed by atoms with Crippen molar-refractivity contribution in [3.05, 3.63) is 46.7 Å². The van der Waals surface area contributed by atoms with Crippen LogP contribution in [-0.2, 0) is 4.74 Å². The van der Waals surface area contributed by atoms with Crippen molar-refractivity contribution < 1.29 is 4.74 Å². The summed E-state index contributed by atoms with van der Waals surface area (Å²) in [6.45, 7) is 8.34. The molecule has 18 heavy (non-hydrogen) atoms. The smallest absolute Gasteiger partial charge is 0.114 e. The van der Waals surface area contributed by atoms with Crippen LogP contribution in [0.4, 0.5) is 0 Å². The molecule has 0 amide bonds. The molecular weight excluding hydrogens is 222 g/mol. The van der Waals surface area contributed by atoms with Gasteiger partial charge in [0.05, 0.1) is 12.6 Å². The van der Waals surface area contributed by atoms with E-state index in [0.29, 0.717) is 0 Å². The van der Waals surface area contributed by atoms with E-state index in [0.717, 1.165) is 31.8 Å². The van der Waals surface area contributed by atoms with Crippen molar-refractivity contribution in [2.24, 2.45) is 0 Å². The highest BCUT2D eigenvalue weighted by atomic mass is 16.5. The molecule has 0 radical (unpaired) electrons. The molecule has 0 bridgehead atoms. The van der Waals surface area contributed by atoms with E-state index in [2.05, 4.69) is 50.4 Å². The minimum Gasteiger partial charge on any atom is -0.496 e. The molecular formula is C16H23NO. The fourth-order valence-corrected chi connectivity index (χ4v) is 2.36. The van der Waals surface area contributed by atoms with E-state index in [4.69, 9.17) is 4.74 Å². The van der Waals surface area contributed by atoms with Gasteiger partial charge in [-0.2, -0.15) is 0 Å². The molecule has 0 aromatic heterocycles. The van der Waals surface area contributed by atoms with Crippen molar-refractivity contribution in [3.63, 3.8) is 0 Å². The predicted octanol–water partition coefficient (Wildman–Crippen LogP) is 3.65. The maximum atomic E-state index is 5.76. The summed E-state index contributed by atoms with van der Waals surface area (Å²) in [5.41, 5.74) is 3.97. The van der Waals surface area contributed by atoms with Crippen molar-refractivity contribution in [3.8, 4) is 0 Å². The lowest BCUT2D eigenvalue weighted by atomic mass is 9.97. The molecule has 1 aliphatic heterocycles. The van der Waals surface area contributed by atoms with E-state index in [9.17, 15) is 0 Å². The fraction of sp³-hybridized carbons (Fsp3) is 0.500. The Morgan fingerprint density at radius 1 is 1.33 bits per heavy atom. The summed E-state index contributed by atoms with van der Waals surface area (Å²) in [5, 5.41) is 3.60. The van der Waals surface area contributed by atoms with Crippen molar-refractivity contribution in [1.82, 2.24) is 5.32 Å². The van der Waals surface area contributed by atoms with Gasteiger partial charge >= 0.3 is 0 Å². The van der Waals surface area contributed by atoms with Gasteiger partial charge in [0.15, 0.2) is 0 Å². The van der Waals surface area contributed by atoms with Gasteiger partial charge in [-0.25, -0.2) is 0 Å². The second-order valence-electron chi connectivity index (χ2n) is 4.99. The molecule has 0 saturated carbocycles. The van der Waals surface area contributed by atoms with Gasteiger partial charge in [-0.1, -0.05) is 30.7 Å². The molecule has 1 aromatic carbocycles. The van der Waals surface area contributed by atoms with Crippen LogP contribution in [0, 0.1) is 13.8 Å². The SMILES string of the molecule is CCCNC(C1=CCCO1)c1cc(C)ccc1C. The number of rotatable bonds is 5. The number of ether oxygens (including phenoxy) is 1. The van der Waals surface area contributed by atoms with Crippen molar-refractivity contribution in [2.45, 2.75) is 39.7 Å². The molecule has 1 aromatic rings. The van der Waals surface area contributed by atoms with E-state index < -0.39 is 0 Å². The van der Waals surface area contributed by atoms with Crippen LogP contribution in [0.3, 0.4) is 0 Å². The van der Waals surface area contributed by atoms with Crippen LogP contribution in [-0.4, -0.2) is 13.2 Å². The second-order valence-corrected chi connectivity index (χ2v) is 4.99. The number of benzene rings is 1. The summed E-state index contributed by atoms with van der Waals surface area (Å²) in [5.74, 6) is 1.09. The van der Waals surface area contributed by atoms with Crippen LogP contribution in [0.25, 0.3) is 0 Å². The second kappa shape index (κ2) is 6.05. The number of hydrogen-bond acceptors (Lipinski definition) is 2. The highest BCUT2D eigenvalue weighted by molar-refractivity contribution is 5.36. The molecule has 1 aliphatic rings. The quantitative estimate of drug-likeness (QED) is 0.855. The summed E-state index contributed by atoms with van der Waals surface area (Å²) < 4.78 is 5.76. The third-order valence-corrected chi connectivity index (χ3v) is 3.36. The van der Waals surface area contributed by atoms with Crippen molar-refractivity contribution >= 4 is 0 Å². The molecule has 0 aliphatic carbocycles. The van der Waals surface area contributed by atoms with Gasteiger partial charge in [-0.05, 0) is 44.0 Å². The zero-order valence-corrected chi connectivity index (χ0v) is 11.6. The normalized spacial score (nSPS) is 16.3. The average molecular weight is 245 g/mol. The molecule has 98 valence electrons. The maximum Gasteiger partial charge on any atom is 0.114 e. The molecule has 1 unspecified atom stereocenters. The lowest BCUT2D eigenvalue weighted by molar-refractivity contribution is 0.215. The number of hydrogen-bond donors (Lipinski definition) is 1. The summed E-state index contributed by atoms with van der Waals surface area (Å²) in [4.78, 5) is 0. The summed E-state index contributed by atoms with van der Waals surface area (Å²) in [7, 11) is 0. The van der Waals surface area contributed by atoms with Crippen molar-refractivity contribution in [1.29, 1.82) is 0 Å². The topological polar surface area (TPSA) is 21.3 Å². The number of aryl methyl sites for hydroxylation is 2. The first-order valence-corrected chi connectivity index (χ1v) is 6.85. The van der Waals surface area contributed by atoms with Gasteiger partial charge in [-0.3, -0.25) is 0 Å². The third-order valence-electron chi connectivity index (χ3n) is 3.36. The van der Waals surface area contributed by atoms with E-state index in [1.54, 1.807) is 0 Å². The molecule has 1 atom stereocenters. The van der Waals surface area contributed by atoms with Crippen LogP contribution in [0.5, 0.6) is 0 Å². The Kier molecular flexibility index (Phi) is 4.43. The largest absolute Gasteiger partial charge is 0.496 e. The lowest BCUT2D eigenvalue weighted by Crippen LogP contribution is -2.25. The highest BCUT2D eigenvalue weighted by Gasteiger charge is 2.21. The maximum absolute atomic E-state index is 5.76. The molecule has 2 rings (SSSR count). The van der Waals surface area contributed by atoms with Crippen LogP contribution in [0.1, 0.15) is 42.5 Å². The Labute approximate surface area is 110 Å². The summed E-state index contributed by atoms with van der Waals surface area (Å²) in [6, 6.07) is 6.85. The molecule has 1 N–H and O–H groups in total. The number of nitrogens with one attached hydrogen (secondary N) is 1. The minimum atomic E-state index is 0.215. The molecule has 0 spiro atoms. The van der Waals surface area contributed by atoms with E-state index in [1.165, 1.54) is 16.7 Å². The Hall–Kier alpha value is -1.28. The summed E-state index contributed by atoms with van der Waals surface area (Å²) >= 11 is 0. The Morgan fingerprint density at radius 2 is 2.17 bits per heavy atom. The van der Waals surface area contributed by atoms with E-state index in [1.807, 2.05) is 0 Å². The lowest BCUT2D eigenvalue weighted by Gasteiger charge is -2.22. The Balaban J connectivity index is 2.29. The highest BCUT2D eigenvalue weighted by Crippen LogP contribution is 2.29. The summed E-state index contributed by atoms with van der Waals surface area (Å²) in [6.07, 6.45) is 4.38. The zero-order valence-electron chi connectivity index (χ0n) is 11.6. The predicted molar refractivity (Wildman–Crippen MR) is 75.6 cm³/mol. The fourth-order valence-electron chi connectivity index (χ4n) is 2.36. The molecule has 2 heteroatoms. The standard InChI is InChI=1S/C16H23NO/c1-4-9-17-16(15-6-5-10-18-15)14-11-12(2)7-8-13(14)3/h6-8,11,16-17H,4-5,9-10H2,1-3H3. The van der Waals surface area contributed by atoms with Crippen molar-refractivity contribution in [2.75, 3.05) is 13.2 Å². The van der Waals surface area contributed by atoms with Crippen LogP contribution >= 0.6 is 0 Å². The average Bonchev–Trinajstić information content (AvgIpc) is 2.88. The third kappa shape index (κ3) is 2.94. The monoisotopic (exact) mass is 245 g/mol. The molecule has 1 heterocycles. The van der Waals surface area contributed by atoms with Gasteiger partial charge in [0.2, 0.25) is 0 Å². The molecule has 2 nitrogen and oxygen atoms in total. The van der Waals surface area contributed by atoms with Gasteiger partial charge in [0.1, 0.15) is 5.76 Å². The minimum absolute atomic E-state index is 0.215. The Morgan fingerprint density at radius 3 is 2.83 bits per heavy atom. The van der Waals surface area contributed by atoms with Crippen LogP contribution < -0.4 is 5.32 Å². The van der Waals surface area contributed by atoms with Crippen LogP contribution in [0.2, 0.25) is 0 Å². The van der Waals surface area contributed by atoms with Gasteiger partial charge in [0.25, 0.3) is 0 Å². The first kappa shape index (κ1) is 13.2. The Bertz CT molecular complexity index is 437. The van der Waals surface area contributed by atoms with Gasteiger partial charge in [-0.15, -0.1) is 0 Å². The zero-order chi connectivity index (χ0) is 13.0. The van der Waals surface area contributed by atoms with Gasteiger partial charge < -0.3 is 10.1 Å². The van der Waals surface area contributed by atoms with E-state index >= 15 is 0 Å².